The molecule has 0 unspecified atom stereocenters. The lowest BCUT2D eigenvalue weighted by molar-refractivity contribution is -0.116. The van der Waals surface area contributed by atoms with Gasteiger partial charge in [0.25, 0.3) is 0 Å². The molecule has 0 saturated heterocycles. The minimum Gasteiger partial charge on any atom is -0.493 e. The monoisotopic (exact) mass is 324 g/mol. The predicted octanol–water partition coefficient (Wildman–Crippen LogP) is 3.98. The Morgan fingerprint density at radius 3 is 2.67 bits per heavy atom. The predicted molar refractivity (Wildman–Crippen MR) is 86.1 cm³/mol. The molecule has 0 fully saturated rings. The van der Waals surface area contributed by atoms with Crippen molar-refractivity contribution in [2.75, 3.05) is 17.7 Å². The molecule has 3 N–H and O–H groups in total. The van der Waals surface area contributed by atoms with Crippen LogP contribution in [0.25, 0.3) is 0 Å². The van der Waals surface area contributed by atoms with E-state index >= 15 is 0 Å². The first-order valence-corrected chi connectivity index (χ1v) is 7.03. The minimum absolute atomic E-state index is 0.169. The van der Waals surface area contributed by atoms with Crippen LogP contribution in [0.1, 0.15) is 6.42 Å². The van der Waals surface area contributed by atoms with E-state index in [4.69, 9.17) is 33.7 Å². The molecule has 6 heteroatoms. The summed E-state index contributed by atoms with van der Waals surface area (Å²) in [6.45, 7) is 0.261. The number of benzene rings is 2. The molecule has 4 nitrogen and oxygen atoms in total. The third kappa shape index (κ3) is 4.85. The average molecular weight is 325 g/mol. The smallest absolute Gasteiger partial charge is 0.227 e. The summed E-state index contributed by atoms with van der Waals surface area (Å²) in [6, 6.07) is 12.0. The van der Waals surface area contributed by atoms with Crippen LogP contribution in [-0.2, 0) is 4.79 Å². The second-order valence-electron chi connectivity index (χ2n) is 4.35. The van der Waals surface area contributed by atoms with Crippen LogP contribution in [0.2, 0.25) is 10.0 Å². The molecule has 2 aromatic rings. The van der Waals surface area contributed by atoms with Crippen LogP contribution < -0.4 is 15.8 Å². The topological polar surface area (TPSA) is 64.3 Å². The summed E-state index contributed by atoms with van der Waals surface area (Å²) >= 11 is 11.7. The number of rotatable bonds is 5. The van der Waals surface area contributed by atoms with Crippen molar-refractivity contribution in [1.82, 2.24) is 0 Å². The zero-order chi connectivity index (χ0) is 15.2. The quantitative estimate of drug-likeness (QED) is 0.817. The van der Waals surface area contributed by atoms with Gasteiger partial charge in [-0.25, -0.2) is 0 Å². The van der Waals surface area contributed by atoms with Gasteiger partial charge in [0.1, 0.15) is 5.75 Å². The Hall–Kier alpha value is -1.91. The Labute approximate surface area is 132 Å². The van der Waals surface area contributed by atoms with Gasteiger partial charge in [0.15, 0.2) is 0 Å². The molecular formula is C15H14Cl2N2O2. The van der Waals surface area contributed by atoms with E-state index in [9.17, 15) is 4.79 Å². The van der Waals surface area contributed by atoms with Gasteiger partial charge in [0.2, 0.25) is 5.91 Å². The lowest BCUT2D eigenvalue weighted by Crippen LogP contribution is -2.15. The van der Waals surface area contributed by atoms with E-state index in [1.807, 2.05) is 0 Å². The molecule has 0 radical (unpaired) electrons. The largest absolute Gasteiger partial charge is 0.493 e. The Balaban J connectivity index is 1.81. The van der Waals surface area contributed by atoms with Gasteiger partial charge in [-0.3, -0.25) is 4.79 Å². The van der Waals surface area contributed by atoms with E-state index in [1.54, 1.807) is 42.5 Å². The number of hydrogen-bond acceptors (Lipinski definition) is 3. The molecule has 110 valence electrons. The molecule has 0 aliphatic heterocycles. The molecule has 21 heavy (non-hydrogen) atoms. The fourth-order valence-corrected chi connectivity index (χ4v) is 1.96. The van der Waals surface area contributed by atoms with Crippen LogP contribution in [-0.4, -0.2) is 12.5 Å². The van der Waals surface area contributed by atoms with Gasteiger partial charge in [0.05, 0.1) is 23.1 Å². The summed E-state index contributed by atoms with van der Waals surface area (Å²) < 4.78 is 5.45. The van der Waals surface area contributed by atoms with Crippen molar-refractivity contribution in [2.24, 2.45) is 0 Å². The Kier molecular flexibility index (Phi) is 5.31. The van der Waals surface area contributed by atoms with Crippen molar-refractivity contribution in [3.63, 3.8) is 0 Å². The number of carbonyl (C=O) groups excluding carboxylic acids is 1. The highest BCUT2D eigenvalue weighted by Crippen LogP contribution is 2.25. The molecule has 2 aromatic carbocycles. The van der Waals surface area contributed by atoms with Gasteiger partial charge in [-0.15, -0.1) is 0 Å². The van der Waals surface area contributed by atoms with Crippen LogP contribution in [0.5, 0.6) is 5.75 Å². The maximum Gasteiger partial charge on any atom is 0.227 e. The second kappa shape index (κ2) is 7.20. The number of nitrogens with one attached hydrogen (secondary N) is 1. The summed E-state index contributed by atoms with van der Waals surface area (Å²) in [5.74, 6) is 0.467. The standard InChI is InChI=1S/C15H14Cl2N2O2/c16-13-5-4-11(9-14(13)17)19-15(20)6-7-21-12-3-1-2-10(18)8-12/h1-5,8-9H,6-7,18H2,(H,19,20). The van der Waals surface area contributed by atoms with Crippen LogP contribution in [0.15, 0.2) is 42.5 Å². The second-order valence-corrected chi connectivity index (χ2v) is 5.16. The van der Waals surface area contributed by atoms with Gasteiger partial charge in [-0.1, -0.05) is 29.3 Å². The number of amides is 1. The molecule has 0 aromatic heterocycles. The van der Waals surface area contributed by atoms with Crippen molar-refractivity contribution < 1.29 is 9.53 Å². The zero-order valence-electron chi connectivity index (χ0n) is 11.1. The molecule has 0 bridgehead atoms. The van der Waals surface area contributed by atoms with Gasteiger partial charge in [-0.05, 0) is 30.3 Å². The third-order valence-electron chi connectivity index (χ3n) is 2.66. The van der Waals surface area contributed by atoms with E-state index in [0.29, 0.717) is 27.2 Å². The molecule has 0 saturated carbocycles. The number of nitrogens with two attached hydrogens (primary N) is 1. The number of ether oxygens (including phenoxy) is 1. The van der Waals surface area contributed by atoms with Gasteiger partial charge >= 0.3 is 0 Å². The Morgan fingerprint density at radius 1 is 1.14 bits per heavy atom. The molecule has 1 amide bonds. The van der Waals surface area contributed by atoms with Crippen molar-refractivity contribution >= 4 is 40.5 Å². The van der Waals surface area contributed by atoms with E-state index in [2.05, 4.69) is 5.32 Å². The first kappa shape index (κ1) is 15.5. The van der Waals surface area contributed by atoms with E-state index < -0.39 is 0 Å². The van der Waals surface area contributed by atoms with Gasteiger partial charge in [-0.2, -0.15) is 0 Å². The molecule has 0 aliphatic carbocycles. The number of hydrogen-bond donors (Lipinski definition) is 2. The first-order chi connectivity index (χ1) is 10.0. The number of halogens is 2. The average Bonchev–Trinajstić information content (AvgIpc) is 2.43. The highest BCUT2D eigenvalue weighted by Gasteiger charge is 2.05. The summed E-state index contributed by atoms with van der Waals surface area (Å²) in [4.78, 5) is 11.8. The van der Waals surface area contributed by atoms with E-state index in [-0.39, 0.29) is 18.9 Å². The Bertz CT molecular complexity index is 647. The molecule has 0 atom stereocenters. The summed E-state index contributed by atoms with van der Waals surface area (Å²) in [5.41, 5.74) is 6.85. The normalized spacial score (nSPS) is 10.2. The van der Waals surface area contributed by atoms with Crippen molar-refractivity contribution in [1.29, 1.82) is 0 Å². The lowest BCUT2D eigenvalue weighted by atomic mass is 10.3. The molecule has 0 spiro atoms. The summed E-state index contributed by atoms with van der Waals surface area (Å²) in [6.07, 6.45) is 0.217. The van der Waals surface area contributed by atoms with Crippen molar-refractivity contribution in [3.8, 4) is 5.75 Å². The zero-order valence-corrected chi connectivity index (χ0v) is 12.6. The minimum atomic E-state index is -0.169. The number of carbonyl (C=O) groups is 1. The van der Waals surface area contributed by atoms with Crippen molar-refractivity contribution in [3.05, 3.63) is 52.5 Å². The van der Waals surface area contributed by atoms with Crippen molar-refractivity contribution in [2.45, 2.75) is 6.42 Å². The maximum absolute atomic E-state index is 11.8. The summed E-state index contributed by atoms with van der Waals surface area (Å²) in [5, 5.41) is 3.56. The lowest BCUT2D eigenvalue weighted by Gasteiger charge is -2.08. The van der Waals surface area contributed by atoms with Gasteiger partial charge in [0, 0.05) is 17.4 Å². The molecular weight excluding hydrogens is 311 g/mol. The third-order valence-corrected chi connectivity index (χ3v) is 3.40. The highest BCUT2D eigenvalue weighted by molar-refractivity contribution is 6.42. The maximum atomic E-state index is 11.8. The molecule has 0 heterocycles. The van der Waals surface area contributed by atoms with E-state index in [0.717, 1.165) is 0 Å². The van der Waals surface area contributed by atoms with Crippen LogP contribution in [0.3, 0.4) is 0 Å². The number of nitrogen functional groups attached to an aromatic ring is 1. The number of anilines is 2. The van der Waals surface area contributed by atoms with Crippen LogP contribution in [0.4, 0.5) is 11.4 Å². The SMILES string of the molecule is Nc1cccc(OCCC(=O)Nc2ccc(Cl)c(Cl)c2)c1. The highest BCUT2D eigenvalue weighted by atomic mass is 35.5. The Morgan fingerprint density at radius 2 is 1.95 bits per heavy atom. The van der Waals surface area contributed by atoms with Gasteiger partial charge < -0.3 is 15.8 Å². The fourth-order valence-electron chi connectivity index (χ4n) is 1.66. The first-order valence-electron chi connectivity index (χ1n) is 6.28. The fraction of sp³-hybridized carbons (Fsp3) is 0.133. The molecule has 0 aliphatic rings. The summed E-state index contributed by atoms with van der Waals surface area (Å²) in [7, 11) is 0. The molecule has 2 rings (SSSR count). The van der Waals surface area contributed by atoms with Crippen LogP contribution in [0, 0.1) is 0 Å². The van der Waals surface area contributed by atoms with E-state index in [1.165, 1.54) is 0 Å². The van der Waals surface area contributed by atoms with Crippen LogP contribution >= 0.6 is 23.2 Å².